The van der Waals surface area contributed by atoms with Crippen molar-refractivity contribution in [2.24, 2.45) is 0 Å². The van der Waals surface area contributed by atoms with Gasteiger partial charge in [0.05, 0.1) is 11.7 Å². The summed E-state index contributed by atoms with van der Waals surface area (Å²) in [5.74, 6) is -0.136. The number of rotatable bonds is 4. The number of anilines is 2. The van der Waals surface area contributed by atoms with Crippen LogP contribution in [0.25, 0.3) is 0 Å². The molecule has 1 unspecified atom stereocenters. The number of benzene rings is 1. The van der Waals surface area contributed by atoms with E-state index in [0.29, 0.717) is 24.4 Å². The Balaban J connectivity index is 1.76. The summed E-state index contributed by atoms with van der Waals surface area (Å²) in [6.45, 7) is 6.03. The van der Waals surface area contributed by atoms with Gasteiger partial charge in [-0.15, -0.1) is 0 Å². The molecule has 3 rings (SSSR count). The number of carbonyl (C=O) groups is 1. The van der Waals surface area contributed by atoms with Crippen molar-refractivity contribution in [2.45, 2.75) is 51.3 Å². The molecule has 0 saturated carbocycles. The summed E-state index contributed by atoms with van der Waals surface area (Å²) in [5.41, 5.74) is 1.15. The van der Waals surface area contributed by atoms with Crippen LogP contribution < -0.4 is 10.2 Å². The van der Waals surface area contributed by atoms with Gasteiger partial charge in [-0.05, 0) is 30.7 Å². The number of hydrogen-bond acceptors (Lipinski definition) is 5. The zero-order chi connectivity index (χ0) is 18.2. The minimum atomic E-state index is -1.03. The zero-order valence-electron chi connectivity index (χ0n) is 14.5. The Morgan fingerprint density at radius 3 is 2.64 bits per heavy atom. The number of aliphatic hydroxyl groups excluding tert-OH is 1. The van der Waals surface area contributed by atoms with Crippen LogP contribution in [0.15, 0.2) is 34.9 Å². The lowest BCUT2D eigenvalue weighted by molar-refractivity contribution is -0.117. The molecule has 7 heteroatoms. The number of halogens is 1. The van der Waals surface area contributed by atoms with E-state index in [2.05, 4.69) is 10.5 Å². The lowest BCUT2D eigenvalue weighted by Crippen LogP contribution is -2.44. The van der Waals surface area contributed by atoms with Crippen LogP contribution in [0.3, 0.4) is 0 Å². The summed E-state index contributed by atoms with van der Waals surface area (Å²) >= 11 is 0. The fourth-order valence-corrected chi connectivity index (χ4v) is 2.88. The third-order valence-corrected chi connectivity index (χ3v) is 4.29. The number of amides is 1. The van der Waals surface area contributed by atoms with E-state index in [-0.39, 0.29) is 17.1 Å². The predicted octanol–water partition coefficient (Wildman–Crippen LogP) is 3.04. The summed E-state index contributed by atoms with van der Waals surface area (Å²) < 4.78 is 18.4. The van der Waals surface area contributed by atoms with Crippen molar-refractivity contribution in [3.05, 3.63) is 41.8 Å². The van der Waals surface area contributed by atoms with E-state index < -0.39 is 12.3 Å². The molecule has 134 valence electrons. The molecule has 1 aliphatic rings. The molecule has 0 radical (unpaired) electrons. The van der Waals surface area contributed by atoms with Crippen molar-refractivity contribution >= 4 is 17.5 Å². The molecule has 1 saturated heterocycles. The standard InChI is InChI=1S/C18H22FN3O3/c1-18(2,3)14-10-15(25-21-14)20-17(24)13-8-9-16(23)22(13)12-6-4-11(19)5-7-12/h4-7,10,13,17,20,24H,8-9H2,1-3H3/t13-,17?/m0/s1. The molecule has 0 spiro atoms. The van der Waals surface area contributed by atoms with Crippen molar-refractivity contribution < 1.29 is 18.8 Å². The first-order valence-electron chi connectivity index (χ1n) is 8.25. The second-order valence-corrected chi connectivity index (χ2v) is 7.26. The van der Waals surface area contributed by atoms with Gasteiger partial charge in [-0.1, -0.05) is 25.9 Å². The molecule has 1 aliphatic heterocycles. The molecule has 1 fully saturated rings. The van der Waals surface area contributed by atoms with Gasteiger partial charge in [-0.2, -0.15) is 0 Å². The highest BCUT2D eigenvalue weighted by Crippen LogP contribution is 2.30. The minimum Gasteiger partial charge on any atom is -0.371 e. The quantitative estimate of drug-likeness (QED) is 0.831. The monoisotopic (exact) mass is 347 g/mol. The van der Waals surface area contributed by atoms with E-state index in [9.17, 15) is 14.3 Å². The van der Waals surface area contributed by atoms with Crippen LogP contribution in [0.4, 0.5) is 16.0 Å². The Morgan fingerprint density at radius 1 is 1.36 bits per heavy atom. The predicted molar refractivity (Wildman–Crippen MR) is 91.7 cm³/mol. The smallest absolute Gasteiger partial charge is 0.227 e. The van der Waals surface area contributed by atoms with Gasteiger partial charge in [0, 0.05) is 23.6 Å². The highest BCUT2D eigenvalue weighted by molar-refractivity contribution is 5.96. The van der Waals surface area contributed by atoms with Gasteiger partial charge in [0.2, 0.25) is 11.8 Å². The van der Waals surface area contributed by atoms with Crippen molar-refractivity contribution in [1.29, 1.82) is 0 Å². The Morgan fingerprint density at radius 2 is 2.04 bits per heavy atom. The summed E-state index contributed by atoms with van der Waals surface area (Å²) in [6.07, 6.45) is -0.216. The van der Waals surface area contributed by atoms with Gasteiger partial charge < -0.3 is 19.8 Å². The van der Waals surface area contributed by atoms with Crippen LogP contribution in [-0.2, 0) is 10.2 Å². The normalized spacial score (nSPS) is 19.3. The lowest BCUT2D eigenvalue weighted by atomic mass is 9.92. The lowest BCUT2D eigenvalue weighted by Gasteiger charge is -2.29. The van der Waals surface area contributed by atoms with Gasteiger partial charge in [0.1, 0.15) is 12.0 Å². The molecule has 2 heterocycles. The molecule has 2 atom stereocenters. The van der Waals surface area contributed by atoms with Gasteiger partial charge in [-0.3, -0.25) is 4.79 Å². The number of nitrogens with zero attached hydrogens (tertiary/aromatic N) is 2. The van der Waals surface area contributed by atoms with E-state index in [4.69, 9.17) is 4.52 Å². The van der Waals surface area contributed by atoms with Gasteiger partial charge in [0.15, 0.2) is 0 Å². The van der Waals surface area contributed by atoms with Crippen LogP contribution in [0.2, 0.25) is 0 Å². The molecule has 1 aromatic heterocycles. The van der Waals surface area contributed by atoms with E-state index >= 15 is 0 Å². The second kappa shape index (κ2) is 6.48. The van der Waals surface area contributed by atoms with Crippen molar-refractivity contribution in [3.63, 3.8) is 0 Å². The van der Waals surface area contributed by atoms with Crippen molar-refractivity contribution in [3.8, 4) is 0 Å². The van der Waals surface area contributed by atoms with Crippen LogP contribution in [-0.4, -0.2) is 28.4 Å². The SMILES string of the molecule is CC(C)(C)c1cc(NC(O)[C@@H]2CCC(=O)N2c2ccc(F)cc2)on1. The van der Waals surface area contributed by atoms with E-state index in [1.165, 1.54) is 29.2 Å². The molecular formula is C18H22FN3O3. The van der Waals surface area contributed by atoms with Crippen LogP contribution in [0, 0.1) is 5.82 Å². The number of carbonyl (C=O) groups excluding carboxylic acids is 1. The first kappa shape index (κ1) is 17.4. The summed E-state index contributed by atoms with van der Waals surface area (Å²) in [4.78, 5) is 13.7. The minimum absolute atomic E-state index is 0.106. The molecule has 1 amide bonds. The highest BCUT2D eigenvalue weighted by atomic mass is 19.1. The largest absolute Gasteiger partial charge is 0.371 e. The summed E-state index contributed by atoms with van der Waals surface area (Å²) in [6, 6.07) is 6.92. The van der Waals surface area contributed by atoms with Crippen molar-refractivity contribution in [1.82, 2.24) is 5.16 Å². The van der Waals surface area contributed by atoms with Crippen LogP contribution >= 0.6 is 0 Å². The zero-order valence-corrected chi connectivity index (χ0v) is 14.5. The van der Waals surface area contributed by atoms with Gasteiger partial charge >= 0.3 is 0 Å². The average molecular weight is 347 g/mol. The van der Waals surface area contributed by atoms with Gasteiger partial charge in [0.25, 0.3) is 0 Å². The summed E-state index contributed by atoms with van der Waals surface area (Å²) in [5, 5.41) is 17.4. The van der Waals surface area contributed by atoms with E-state index in [1.807, 2.05) is 20.8 Å². The Kier molecular flexibility index (Phi) is 4.51. The molecule has 0 aliphatic carbocycles. The average Bonchev–Trinajstić information content (AvgIpc) is 3.15. The molecule has 25 heavy (non-hydrogen) atoms. The maximum Gasteiger partial charge on any atom is 0.227 e. The molecule has 2 aromatic rings. The first-order chi connectivity index (χ1) is 11.8. The third-order valence-electron chi connectivity index (χ3n) is 4.29. The van der Waals surface area contributed by atoms with E-state index in [0.717, 1.165) is 5.69 Å². The topological polar surface area (TPSA) is 78.6 Å². The second-order valence-electron chi connectivity index (χ2n) is 7.26. The third kappa shape index (κ3) is 3.66. The number of nitrogens with one attached hydrogen (secondary N) is 1. The molecule has 6 nitrogen and oxygen atoms in total. The maximum absolute atomic E-state index is 13.1. The number of aromatic nitrogens is 1. The highest BCUT2D eigenvalue weighted by Gasteiger charge is 2.37. The maximum atomic E-state index is 13.1. The Labute approximate surface area is 145 Å². The molecule has 0 bridgehead atoms. The number of hydrogen-bond donors (Lipinski definition) is 2. The molecular weight excluding hydrogens is 325 g/mol. The molecule has 1 aromatic carbocycles. The van der Waals surface area contributed by atoms with E-state index in [1.54, 1.807) is 6.07 Å². The summed E-state index contributed by atoms with van der Waals surface area (Å²) in [7, 11) is 0. The van der Waals surface area contributed by atoms with Crippen LogP contribution in [0.5, 0.6) is 0 Å². The van der Waals surface area contributed by atoms with Gasteiger partial charge in [-0.25, -0.2) is 4.39 Å². The van der Waals surface area contributed by atoms with Crippen molar-refractivity contribution in [2.75, 3.05) is 10.2 Å². The van der Waals surface area contributed by atoms with Crippen LogP contribution in [0.1, 0.15) is 39.3 Å². The Bertz CT molecular complexity index is 752. The first-order valence-corrected chi connectivity index (χ1v) is 8.25. The Hall–Kier alpha value is -2.41. The fourth-order valence-electron chi connectivity index (χ4n) is 2.88. The molecule has 2 N–H and O–H groups in total. The fraction of sp³-hybridized carbons (Fsp3) is 0.444. The number of aliphatic hydroxyl groups is 1.